The van der Waals surface area contributed by atoms with Gasteiger partial charge in [-0.05, 0) is 29.7 Å². The molecule has 0 bridgehead atoms. The van der Waals surface area contributed by atoms with E-state index in [0.717, 1.165) is 17.7 Å². The number of halogens is 1. The monoisotopic (exact) mass is 362 g/mol. The summed E-state index contributed by atoms with van der Waals surface area (Å²) < 4.78 is 10.7. The standard InChI is InChI=1S/C19H22N2O3.ClH/c20-9-11-21(10-8-15-4-2-1-3-5-15)19(22)13-16-6-7-17-18(12-16)24-14-23-17;/h1-7,12H,8-11,13-14,20H2;1H. The third-order valence-electron chi connectivity index (χ3n) is 4.06. The zero-order valence-corrected chi connectivity index (χ0v) is 14.8. The van der Waals surface area contributed by atoms with E-state index in [1.54, 1.807) is 0 Å². The summed E-state index contributed by atoms with van der Waals surface area (Å²) in [6.07, 6.45) is 1.17. The van der Waals surface area contributed by atoms with Crippen LogP contribution in [-0.2, 0) is 17.6 Å². The first-order valence-electron chi connectivity index (χ1n) is 8.16. The molecule has 2 aromatic rings. The molecule has 0 unspecified atom stereocenters. The van der Waals surface area contributed by atoms with Crippen molar-refractivity contribution < 1.29 is 14.3 Å². The van der Waals surface area contributed by atoms with Gasteiger partial charge in [0.1, 0.15) is 0 Å². The van der Waals surface area contributed by atoms with Crippen LogP contribution in [-0.4, -0.2) is 37.2 Å². The highest BCUT2D eigenvalue weighted by molar-refractivity contribution is 5.85. The maximum atomic E-state index is 12.6. The van der Waals surface area contributed by atoms with E-state index < -0.39 is 0 Å². The Kier molecular flexibility index (Phi) is 7.10. The minimum absolute atomic E-state index is 0. The molecular formula is C19H23ClN2O3. The third-order valence-corrected chi connectivity index (χ3v) is 4.06. The second kappa shape index (κ2) is 9.30. The van der Waals surface area contributed by atoms with E-state index in [-0.39, 0.29) is 25.1 Å². The van der Waals surface area contributed by atoms with E-state index in [2.05, 4.69) is 12.1 Å². The Morgan fingerprint density at radius 3 is 2.52 bits per heavy atom. The number of amides is 1. The van der Waals surface area contributed by atoms with Crippen molar-refractivity contribution in [2.75, 3.05) is 26.4 Å². The van der Waals surface area contributed by atoms with Crippen molar-refractivity contribution in [1.29, 1.82) is 0 Å². The van der Waals surface area contributed by atoms with Crippen molar-refractivity contribution in [3.05, 3.63) is 59.7 Å². The van der Waals surface area contributed by atoms with Gasteiger partial charge < -0.3 is 20.1 Å². The van der Waals surface area contributed by atoms with Gasteiger partial charge in [-0.3, -0.25) is 4.79 Å². The zero-order chi connectivity index (χ0) is 16.8. The van der Waals surface area contributed by atoms with Crippen molar-refractivity contribution in [2.24, 2.45) is 5.73 Å². The molecule has 0 saturated carbocycles. The normalized spacial score (nSPS) is 11.7. The fraction of sp³-hybridized carbons (Fsp3) is 0.316. The molecule has 25 heavy (non-hydrogen) atoms. The van der Waals surface area contributed by atoms with Gasteiger partial charge in [-0.1, -0.05) is 36.4 Å². The molecule has 0 radical (unpaired) electrons. The molecule has 0 aromatic heterocycles. The fourth-order valence-electron chi connectivity index (χ4n) is 2.76. The van der Waals surface area contributed by atoms with Crippen molar-refractivity contribution in [3.8, 4) is 11.5 Å². The average Bonchev–Trinajstić information content (AvgIpc) is 3.07. The van der Waals surface area contributed by atoms with Gasteiger partial charge in [0.25, 0.3) is 0 Å². The molecule has 1 heterocycles. The SMILES string of the molecule is Cl.NCCN(CCc1ccccc1)C(=O)Cc1ccc2c(c1)OCO2. The molecular weight excluding hydrogens is 340 g/mol. The number of hydrogen-bond acceptors (Lipinski definition) is 4. The first-order valence-corrected chi connectivity index (χ1v) is 8.16. The lowest BCUT2D eigenvalue weighted by atomic mass is 10.1. The Hall–Kier alpha value is -2.24. The van der Waals surface area contributed by atoms with Crippen molar-refractivity contribution >= 4 is 18.3 Å². The lowest BCUT2D eigenvalue weighted by molar-refractivity contribution is -0.130. The molecule has 0 aliphatic carbocycles. The van der Waals surface area contributed by atoms with Crippen LogP contribution in [0.15, 0.2) is 48.5 Å². The van der Waals surface area contributed by atoms with Crippen LogP contribution in [0.2, 0.25) is 0 Å². The Labute approximate surface area is 154 Å². The van der Waals surface area contributed by atoms with Gasteiger partial charge in [0.15, 0.2) is 11.5 Å². The average molecular weight is 363 g/mol. The molecule has 5 nitrogen and oxygen atoms in total. The van der Waals surface area contributed by atoms with Crippen molar-refractivity contribution in [2.45, 2.75) is 12.8 Å². The smallest absolute Gasteiger partial charge is 0.231 e. The second-order valence-corrected chi connectivity index (χ2v) is 5.77. The molecule has 1 aliphatic rings. The number of fused-ring (bicyclic) bond motifs is 1. The highest BCUT2D eigenvalue weighted by Gasteiger charge is 2.17. The van der Waals surface area contributed by atoms with Gasteiger partial charge >= 0.3 is 0 Å². The Balaban J connectivity index is 0.00000225. The van der Waals surface area contributed by atoms with Crippen LogP contribution in [0.25, 0.3) is 0 Å². The number of nitrogens with two attached hydrogens (primary N) is 1. The molecule has 0 fully saturated rings. The fourth-order valence-corrected chi connectivity index (χ4v) is 2.76. The summed E-state index contributed by atoms with van der Waals surface area (Å²) in [5, 5.41) is 0. The van der Waals surface area contributed by atoms with Crippen LogP contribution >= 0.6 is 12.4 Å². The maximum Gasteiger partial charge on any atom is 0.231 e. The first-order chi connectivity index (χ1) is 11.8. The molecule has 2 aromatic carbocycles. The summed E-state index contributed by atoms with van der Waals surface area (Å²) in [6.45, 7) is 1.94. The van der Waals surface area contributed by atoms with Gasteiger partial charge in [-0.2, -0.15) is 0 Å². The van der Waals surface area contributed by atoms with Crippen molar-refractivity contribution in [1.82, 2.24) is 4.90 Å². The van der Waals surface area contributed by atoms with E-state index in [1.807, 2.05) is 41.3 Å². The Bertz CT molecular complexity index is 694. The lowest BCUT2D eigenvalue weighted by Crippen LogP contribution is -2.37. The highest BCUT2D eigenvalue weighted by atomic mass is 35.5. The molecule has 0 saturated heterocycles. The number of carbonyl (C=O) groups excluding carboxylic acids is 1. The van der Waals surface area contributed by atoms with Crippen LogP contribution in [0, 0.1) is 0 Å². The van der Waals surface area contributed by atoms with Gasteiger partial charge in [0.2, 0.25) is 12.7 Å². The number of ether oxygens (including phenoxy) is 2. The van der Waals surface area contributed by atoms with Crippen LogP contribution in [0.4, 0.5) is 0 Å². The molecule has 0 spiro atoms. The minimum Gasteiger partial charge on any atom is -0.454 e. The number of nitrogens with zero attached hydrogens (tertiary/aromatic N) is 1. The molecule has 3 rings (SSSR count). The van der Waals surface area contributed by atoms with Crippen molar-refractivity contribution in [3.63, 3.8) is 0 Å². The summed E-state index contributed by atoms with van der Waals surface area (Å²) >= 11 is 0. The summed E-state index contributed by atoms with van der Waals surface area (Å²) in [5.74, 6) is 1.51. The summed E-state index contributed by atoms with van der Waals surface area (Å²) in [5.41, 5.74) is 7.81. The summed E-state index contributed by atoms with van der Waals surface area (Å²) in [4.78, 5) is 14.5. The summed E-state index contributed by atoms with van der Waals surface area (Å²) in [7, 11) is 0. The number of rotatable bonds is 7. The highest BCUT2D eigenvalue weighted by Crippen LogP contribution is 2.32. The summed E-state index contributed by atoms with van der Waals surface area (Å²) in [6, 6.07) is 15.8. The minimum atomic E-state index is 0. The van der Waals surface area contributed by atoms with Crippen LogP contribution in [0.1, 0.15) is 11.1 Å². The number of hydrogen-bond donors (Lipinski definition) is 1. The predicted octanol–water partition coefficient (Wildman–Crippen LogP) is 2.41. The molecule has 6 heteroatoms. The van der Waals surface area contributed by atoms with E-state index in [9.17, 15) is 4.79 Å². The maximum absolute atomic E-state index is 12.6. The van der Waals surface area contributed by atoms with Crippen LogP contribution in [0.5, 0.6) is 11.5 Å². The Morgan fingerprint density at radius 2 is 1.76 bits per heavy atom. The third kappa shape index (κ3) is 5.11. The largest absolute Gasteiger partial charge is 0.454 e. The van der Waals surface area contributed by atoms with E-state index >= 15 is 0 Å². The van der Waals surface area contributed by atoms with Gasteiger partial charge in [-0.15, -0.1) is 12.4 Å². The predicted molar refractivity (Wildman–Crippen MR) is 99.3 cm³/mol. The van der Waals surface area contributed by atoms with Gasteiger partial charge in [-0.25, -0.2) is 0 Å². The quantitative estimate of drug-likeness (QED) is 0.821. The number of carbonyl (C=O) groups is 1. The topological polar surface area (TPSA) is 64.8 Å². The number of benzene rings is 2. The zero-order valence-electron chi connectivity index (χ0n) is 14.0. The first kappa shape index (κ1) is 19.1. The molecule has 2 N–H and O–H groups in total. The van der Waals surface area contributed by atoms with Crippen LogP contribution in [0.3, 0.4) is 0 Å². The molecule has 1 aliphatic heterocycles. The molecule has 134 valence electrons. The van der Waals surface area contributed by atoms with E-state index in [0.29, 0.717) is 31.8 Å². The lowest BCUT2D eigenvalue weighted by Gasteiger charge is -2.22. The van der Waals surface area contributed by atoms with E-state index in [4.69, 9.17) is 15.2 Å². The second-order valence-electron chi connectivity index (χ2n) is 5.77. The Morgan fingerprint density at radius 1 is 1.00 bits per heavy atom. The van der Waals surface area contributed by atoms with Gasteiger partial charge in [0, 0.05) is 19.6 Å². The molecule has 0 atom stereocenters. The van der Waals surface area contributed by atoms with Crippen LogP contribution < -0.4 is 15.2 Å². The van der Waals surface area contributed by atoms with Gasteiger partial charge in [0.05, 0.1) is 6.42 Å². The van der Waals surface area contributed by atoms with E-state index in [1.165, 1.54) is 5.56 Å². The molecule has 1 amide bonds.